The van der Waals surface area contributed by atoms with E-state index in [2.05, 4.69) is 15.6 Å². The quantitative estimate of drug-likeness (QED) is 0.354. The van der Waals surface area contributed by atoms with Gasteiger partial charge in [0.1, 0.15) is 12.1 Å². The molecule has 3 rings (SSSR count). The third-order valence-electron chi connectivity index (χ3n) is 5.10. The van der Waals surface area contributed by atoms with Crippen molar-refractivity contribution in [2.45, 2.75) is 37.9 Å². The van der Waals surface area contributed by atoms with Crippen molar-refractivity contribution < 1.29 is 19.5 Å². The van der Waals surface area contributed by atoms with Crippen molar-refractivity contribution in [3.8, 4) is 0 Å². The van der Waals surface area contributed by atoms with E-state index in [0.29, 0.717) is 6.42 Å². The number of benzene rings is 2. The summed E-state index contributed by atoms with van der Waals surface area (Å²) in [6, 6.07) is 14.0. The van der Waals surface area contributed by atoms with E-state index in [1.807, 2.05) is 54.6 Å². The predicted octanol–water partition coefficient (Wildman–Crippen LogP) is 1.35. The number of carbonyl (C=O) groups is 3. The second-order valence-corrected chi connectivity index (χ2v) is 7.49. The summed E-state index contributed by atoms with van der Waals surface area (Å²) >= 11 is 0. The Kier molecular flexibility index (Phi) is 7.04. The molecule has 6 N–H and O–H groups in total. The highest BCUT2D eigenvalue weighted by atomic mass is 16.4. The molecule has 0 saturated heterocycles. The number of nitrogens with one attached hydrogen (secondary N) is 3. The molecule has 3 aromatic rings. The van der Waals surface area contributed by atoms with Crippen LogP contribution in [0.25, 0.3) is 10.9 Å². The maximum atomic E-state index is 12.5. The Morgan fingerprint density at radius 3 is 2.35 bits per heavy atom. The van der Waals surface area contributed by atoms with Crippen molar-refractivity contribution in [2.24, 2.45) is 5.73 Å². The van der Waals surface area contributed by atoms with E-state index in [4.69, 9.17) is 5.73 Å². The fourth-order valence-electron chi connectivity index (χ4n) is 3.36. The van der Waals surface area contributed by atoms with Crippen LogP contribution in [0.2, 0.25) is 0 Å². The highest BCUT2D eigenvalue weighted by molar-refractivity contribution is 5.92. The Labute approximate surface area is 179 Å². The Morgan fingerprint density at radius 2 is 1.65 bits per heavy atom. The summed E-state index contributed by atoms with van der Waals surface area (Å²) < 4.78 is 0. The number of carbonyl (C=O) groups excluding carboxylic acids is 2. The molecular formula is C23H26N4O4. The number of hydrogen-bond donors (Lipinski definition) is 5. The monoisotopic (exact) mass is 422 g/mol. The van der Waals surface area contributed by atoms with Gasteiger partial charge in [0.25, 0.3) is 0 Å². The van der Waals surface area contributed by atoms with Gasteiger partial charge in [0.2, 0.25) is 11.8 Å². The lowest BCUT2D eigenvalue weighted by Gasteiger charge is -2.20. The number of aromatic amines is 1. The van der Waals surface area contributed by atoms with Crippen LogP contribution in [-0.2, 0) is 27.2 Å². The van der Waals surface area contributed by atoms with Crippen molar-refractivity contribution >= 4 is 28.7 Å². The topological polar surface area (TPSA) is 137 Å². The molecule has 0 aliphatic carbocycles. The Bertz CT molecular complexity index is 1060. The van der Waals surface area contributed by atoms with Crippen molar-refractivity contribution in [1.82, 2.24) is 15.6 Å². The van der Waals surface area contributed by atoms with E-state index in [-0.39, 0.29) is 6.42 Å². The lowest BCUT2D eigenvalue weighted by Crippen LogP contribution is -2.54. The van der Waals surface area contributed by atoms with Crippen LogP contribution in [-0.4, -0.2) is 46.0 Å². The number of hydrogen-bond acceptors (Lipinski definition) is 4. The molecule has 8 nitrogen and oxygen atoms in total. The highest BCUT2D eigenvalue weighted by Crippen LogP contribution is 2.19. The van der Waals surface area contributed by atoms with Crippen molar-refractivity contribution in [2.75, 3.05) is 0 Å². The Balaban J connectivity index is 1.58. The molecule has 8 heteroatoms. The van der Waals surface area contributed by atoms with Gasteiger partial charge in [-0.05, 0) is 30.5 Å². The van der Waals surface area contributed by atoms with Crippen molar-refractivity contribution in [3.05, 3.63) is 71.9 Å². The first kappa shape index (κ1) is 22.0. The molecule has 0 fully saturated rings. The number of fused-ring (bicyclic) bond motifs is 1. The third kappa shape index (κ3) is 5.70. The molecule has 2 aromatic carbocycles. The van der Waals surface area contributed by atoms with E-state index in [0.717, 1.165) is 22.0 Å². The molecule has 1 heterocycles. The fraction of sp³-hybridized carbons (Fsp3) is 0.261. The fourth-order valence-corrected chi connectivity index (χ4v) is 3.36. The SMILES string of the molecule is C[C@@H](NC(=O)[C@H](N)Cc1ccccc1)C(=O)N[C@@H](Cc1c[nH]c2ccccc12)C(=O)O. The summed E-state index contributed by atoms with van der Waals surface area (Å²) in [5.74, 6) is -2.22. The number of carboxylic acids is 1. The third-order valence-corrected chi connectivity index (χ3v) is 5.10. The number of amides is 2. The summed E-state index contributed by atoms with van der Waals surface area (Å²) in [5, 5.41) is 15.5. The van der Waals surface area contributed by atoms with Crippen LogP contribution in [0.4, 0.5) is 0 Å². The molecular weight excluding hydrogens is 396 g/mol. The summed E-state index contributed by atoms with van der Waals surface area (Å²) in [5.41, 5.74) is 8.53. The van der Waals surface area contributed by atoms with Crippen LogP contribution in [0, 0.1) is 0 Å². The zero-order valence-corrected chi connectivity index (χ0v) is 17.2. The van der Waals surface area contributed by atoms with Gasteiger partial charge in [-0.15, -0.1) is 0 Å². The van der Waals surface area contributed by atoms with Crippen molar-refractivity contribution in [3.63, 3.8) is 0 Å². The van der Waals surface area contributed by atoms with Crippen LogP contribution in [0.5, 0.6) is 0 Å². The van der Waals surface area contributed by atoms with Crippen LogP contribution in [0.15, 0.2) is 60.8 Å². The van der Waals surface area contributed by atoms with Gasteiger partial charge in [-0.1, -0.05) is 48.5 Å². The predicted molar refractivity (Wildman–Crippen MR) is 117 cm³/mol. The molecule has 0 radical (unpaired) electrons. The molecule has 0 unspecified atom stereocenters. The minimum atomic E-state index is -1.15. The zero-order chi connectivity index (χ0) is 22.4. The molecule has 0 aliphatic heterocycles. The second kappa shape index (κ2) is 9.90. The average molecular weight is 422 g/mol. The Hall–Kier alpha value is -3.65. The summed E-state index contributed by atoms with van der Waals surface area (Å²) in [4.78, 5) is 39.7. The average Bonchev–Trinajstić information content (AvgIpc) is 3.16. The molecule has 0 bridgehead atoms. The normalized spacial score (nSPS) is 13.9. The van der Waals surface area contributed by atoms with Crippen LogP contribution in [0.3, 0.4) is 0 Å². The van der Waals surface area contributed by atoms with Gasteiger partial charge in [-0.3, -0.25) is 9.59 Å². The lowest BCUT2D eigenvalue weighted by atomic mass is 10.0. The number of aromatic nitrogens is 1. The number of H-pyrrole nitrogens is 1. The molecule has 3 atom stereocenters. The maximum absolute atomic E-state index is 12.5. The van der Waals surface area contributed by atoms with Crippen LogP contribution >= 0.6 is 0 Å². The first-order valence-electron chi connectivity index (χ1n) is 10.0. The number of para-hydroxylation sites is 1. The summed E-state index contributed by atoms with van der Waals surface area (Å²) in [6.07, 6.45) is 2.18. The van der Waals surface area contributed by atoms with Gasteiger partial charge in [0, 0.05) is 23.5 Å². The molecule has 0 saturated carbocycles. The number of aliphatic carboxylic acids is 1. The van der Waals surface area contributed by atoms with Gasteiger partial charge < -0.3 is 26.5 Å². The molecule has 2 amide bonds. The highest BCUT2D eigenvalue weighted by Gasteiger charge is 2.26. The number of rotatable bonds is 9. The van der Waals surface area contributed by atoms with Gasteiger partial charge >= 0.3 is 5.97 Å². The van der Waals surface area contributed by atoms with Gasteiger partial charge in [-0.2, -0.15) is 0 Å². The first-order chi connectivity index (χ1) is 14.8. The van der Waals surface area contributed by atoms with Crippen molar-refractivity contribution in [1.29, 1.82) is 0 Å². The van der Waals surface area contributed by atoms with Gasteiger partial charge in [0.05, 0.1) is 6.04 Å². The van der Waals surface area contributed by atoms with Gasteiger partial charge in [0.15, 0.2) is 0 Å². The van der Waals surface area contributed by atoms with E-state index < -0.39 is 35.9 Å². The van der Waals surface area contributed by atoms with E-state index in [9.17, 15) is 19.5 Å². The Morgan fingerprint density at radius 1 is 0.968 bits per heavy atom. The summed E-state index contributed by atoms with van der Waals surface area (Å²) in [7, 11) is 0. The smallest absolute Gasteiger partial charge is 0.326 e. The first-order valence-corrected chi connectivity index (χ1v) is 10.0. The second-order valence-electron chi connectivity index (χ2n) is 7.49. The van der Waals surface area contributed by atoms with Gasteiger partial charge in [-0.25, -0.2) is 4.79 Å². The molecule has 31 heavy (non-hydrogen) atoms. The molecule has 0 spiro atoms. The standard InChI is InChI=1S/C23H26N4O4/c1-14(26-22(29)18(24)11-15-7-3-2-4-8-15)21(28)27-20(23(30)31)12-16-13-25-19-10-6-5-9-17(16)19/h2-10,13-14,18,20,25H,11-12,24H2,1H3,(H,26,29)(H,27,28)(H,30,31)/t14-,18-,20+/m1/s1. The van der Waals surface area contributed by atoms with Crippen LogP contribution < -0.4 is 16.4 Å². The van der Waals surface area contributed by atoms with E-state index in [1.165, 1.54) is 6.92 Å². The summed E-state index contributed by atoms with van der Waals surface area (Å²) in [6.45, 7) is 1.49. The zero-order valence-electron chi connectivity index (χ0n) is 17.2. The minimum Gasteiger partial charge on any atom is -0.480 e. The minimum absolute atomic E-state index is 0.110. The maximum Gasteiger partial charge on any atom is 0.326 e. The lowest BCUT2D eigenvalue weighted by molar-refractivity contribution is -0.142. The molecule has 0 aliphatic rings. The number of carboxylic acid groups (broad SMARTS) is 1. The van der Waals surface area contributed by atoms with Crippen LogP contribution in [0.1, 0.15) is 18.1 Å². The molecule has 162 valence electrons. The van der Waals surface area contributed by atoms with E-state index >= 15 is 0 Å². The number of nitrogens with two attached hydrogens (primary N) is 1. The largest absolute Gasteiger partial charge is 0.480 e. The molecule has 1 aromatic heterocycles. The van der Waals surface area contributed by atoms with E-state index in [1.54, 1.807) is 6.20 Å².